The molecule has 0 saturated carbocycles. The van der Waals surface area contributed by atoms with E-state index in [4.69, 9.17) is 4.74 Å². The fraction of sp³-hybridized carbons (Fsp3) is 0.200. The van der Waals surface area contributed by atoms with E-state index < -0.39 is 21.4 Å². The van der Waals surface area contributed by atoms with Gasteiger partial charge in [0.1, 0.15) is 18.1 Å². The SMILES string of the molecule is C=CCOc1cccc(OS(=O)(=O)C(F)(F)F)c1. The minimum absolute atomic E-state index is 0.134. The van der Waals surface area contributed by atoms with Gasteiger partial charge in [-0.05, 0) is 12.1 Å². The first-order chi connectivity index (χ1) is 8.26. The van der Waals surface area contributed by atoms with Gasteiger partial charge in [-0.2, -0.15) is 21.6 Å². The van der Waals surface area contributed by atoms with Gasteiger partial charge in [0.25, 0.3) is 0 Å². The van der Waals surface area contributed by atoms with Crippen molar-refractivity contribution in [2.45, 2.75) is 5.51 Å². The Kier molecular flexibility index (Phi) is 4.23. The van der Waals surface area contributed by atoms with E-state index in [-0.39, 0.29) is 12.4 Å². The zero-order valence-corrected chi connectivity index (χ0v) is 9.79. The molecule has 4 nitrogen and oxygen atoms in total. The Labute approximate surface area is 102 Å². The standard InChI is InChI=1S/C10H9F3O4S/c1-2-6-16-8-4-3-5-9(7-8)17-18(14,15)10(11,12)13/h2-5,7H,1,6H2. The van der Waals surface area contributed by atoms with Gasteiger partial charge in [-0.3, -0.25) is 0 Å². The molecule has 0 aromatic heterocycles. The normalized spacial score (nSPS) is 11.9. The third-order valence-corrected chi connectivity index (χ3v) is 2.64. The highest BCUT2D eigenvalue weighted by Gasteiger charge is 2.48. The molecule has 18 heavy (non-hydrogen) atoms. The van der Waals surface area contributed by atoms with Crippen LogP contribution in [0.1, 0.15) is 0 Å². The summed E-state index contributed by atoms with van der Waals surface area (Å²) in [5.74, 6) is -0.307. The van der Waals surface area contributed by atoms with E-state index in [1.165, 1.54) is 18.2 Å². The maximum absolute atomic E-state index is 12.1. The molecule has 0 atom stereocenters. The summed E-state index contributed by atoms with van der Waals surface area (Å²) in [5, 5.41) is 0. The Balaban J connectivity index is 2.89. The van der Waals surface area contributed by atoms with Gasteiger partial charge in [0.2, 0.25) is 0 Å². The molecule has 1 aromatic rings. The Morgan fingerprint density at radius 2 is 1.89 bits per heavy atom. The highest BCUT2D eigenvalue weighted by atomic mass is 32.2. The molecule has 0 aliphatic heterocycles. The van der Waals surface area contributed by atoms with E-state index in [1.807, 2.05) is 0 Å². The largest absolute Gasteiger partial charge is 0.534 e. The van der Waals surface area contributed by atoms with E-state index >= 15 is 0 Å². The summed E-state index contributed by atoms with van der Waals surface area (Å²) in [6.45, 7) is 3.52. The number of benzene rings is 1. The monoisotopic (exact) mass is 282 g/mol. The Bertz CT molecular complexity index is 522. The quantitative estimate of drug-likeness (QED) is 0.473. The predicted octanol–water partition coefficient (Wildman–Crippen LogP) is 2.48. The van der Waals surface area contributed by atoms with E-state index in [1.54, 1.807) is 0 Å². The lowest BCUT2D eigenvalue weighted by atomic mass is 10.3. The van der Waals surface area contributed by atoms with Gasteiger partial charge in [-0.15, -0.1) is 0 Å². The number of hydrogen-bond donors (Lipinski definition) is 0. The highest BCUT2D eigenvalue weighted by Crippen LogP contribution is 2.28. The van der Waals surface area contributed by atoms with Crippen molar-refractivity contribution in [1.29, 1.82) is 0 Å². The topological polar surface area (TPSA) is 52.6 Å². The van der Waals surface area contributed by atoms with Crippen molar-refractivity contribution in [3.05, 3.63) is 36.9 Å². The number of halogens is 3. The Hall–Kier alpha value is -1.70. The second kappa shape index (κ2) is 5.30. The molecular formula is C10H9F3O4S. The molecule has 100 valence electrons. The molecule has 1 rings (SSSR count). The molecular weight excluding hydrogens is 273 g/mol. The van der Waals surface area contributed by atoms with Gasteiger partial charge in [0.15, 0.2) is 0 Å². The van der Waals surface area contributed by atoms with Crippen LogP contribution in [0, 0.1) is 0 Å². The molecule has 0 saturated heterocycles. The molecule has 0 spiro atoms. The molecule has 0 aliphatic rings. The molecule has 0 aliphatic carbocycles. The Morgan fingerprint density at radius 1 is 1.28 bits per heavy atom. The van der Waals surface area contributed by atoms with E-state index in [2.05, 4.69) is 10.8 Å². The van der Waals surface area contributed by atoms with E-state index in [9.17, 15) is 21.6 Å². The molecule has 0 bridgehead atoms. The van der Waals surface area contributed by atoms with Crippen molar-refractivity contribution in [2.75, 3.05) is 6.61 Å². The fourth-order valence-electron chi connectivity index (χ4n) is 0.945. The maximum atomic E-state index is 12.1. The molecule has 1 aromatic carbocycles. The summed E-state index contributed by atoms with van der Waals surface area (Å²) >= 11 is 0. The summed E-state index contributed by atoms with van der Waals surface area (Å²) in [6, 6.07) is 4.85. The number of rotatable bonds is 5. The molecule has 0 N–H and O–H groups in total. The van der Waals surface area contributed by atoms with Crippen LogP contribution >= 0.6 is 0 Å². The summed E-state index contributed by atoms with van der Waals surface area (Å²) in [4.78, 5) is 0. The second-order valence-electron chi connectivity index (χ2n) is 3.06. The summed E-state index contributed by atoms with van der Waals surface area (Å²) in [5.41, 5.74) is -5.47. The third kappa shape index (κ3) is 3.66. The summed E-state index contributed by atoms with van der Waals surface area (Å²) in [6.07, 6.45) is 1.43. The smallest absolute Gasteiger partial charge is 0.489 e. The minimum Gasteiger partial charge on any atom is -0.489 e. The van der Waals surface area contributed by atoms with Gasteiger partial charge in [-0.25, -0.2) is 0 Å². The predicted molar refractivity (Wildman–Crippen MR) is 57.7 cm³/mol. The van der Waals surface area contributed by atoms with Gasteiger partial charge in [0, 0.05) is 6.07 Å². The van der Waals surface area contributed by atoms with Crippen molar-refractivity contribution in [3.8, 4) is 11.5 Å². The molecule has 8 heteroatoms. The zero-order chi connectivity index (χ0) is 13.8. The van der Waals surface area contributed by atoms with Crippen LogP contribution in [-0.2, 0) is 10.1 Å². The van der Waals surface area contributed by atoms with Gasteiger partial charge in [-0.1, -0.05) is 18.7 Å². The molecule has 0 radical (unpaired) electrons. The summed E-state index contributed by atoms with van der Waals surface area (Å²) < 4.78 is 66.6. The lowest BCUT2D eigenvalue weighted by Crippen LogP contribution is -2.28. The average Bonchev–Trinajstić information content (AvgIpc) is 2.24. The Morgan fingerprint density at radius 3 is 2.44 bits per heavy atom. The van der Waals surface area contributed by atoms with Gasteiger partial charge < -0.3 is 8.92 Å². The summed E-state index contributed by atoms with van der Waals surface area (Å²) in [7, 11) is -5.66. The number of hydrogen-bond acceptors (Lipinski definition) is 4. The van der Waals surface area contributed by atoms with Crippen LogP contribution in [-0.4, -0.2) is 20.5 Å². The molecule has 0 heterocycles. The second-order valence-corrected chi connectivity index (χ2v) is 4.60. The zero-order valence-electron chi connectivity index (χ0n) is 8.98. The molecule has 0 fully saturated rings. The van der Waals surface area contributed by atoms with Crippen LogP contribution in [0.4, 0.5) is 13.2 Å². The van der Waals surface area contributed by atoms with Gasteiger partial charge >= 0.3 is 15.6 Å². The first-order valence-corrected chi connectivity index (χ1v) is 6.01. The van der Waals surface area contributed by atoms with Crippen LogP contribution in [0.3, 0.4) is 0 Å². The highest BCUT2D eigenvalue weighted by molar-refractivity contribution is 7.87. The van der Waals surface area contributed by atoms with Crippen molar-refractivity contribution in [2.24, 2.45) is 0 Å². The van der Waals surface area contributed by atoms with E-state index in [0.29, 0.717) is 0 Å². The fourth-order valence-corrected chi connectivity index (χ4v) is 1.40. The third-order valence-electron chi connectivity index (χ3n) is 1.66. The number of ether oxygens (including phenoxy) is 1. The minimum atomic E-state index is -5.66. The van der Waals surface area contributed by atoms with Crippen LogP contribution < -0.4 is 8.92 Å². The first-order valence-electron chi connectivity index (χ1n) is 4.61. The maximum Gasteiger partial charge on any atom is 0.534 e. The van der Waals surface area contributed by atoms with E-state index in [0.717, 1.165) is 12.1 Å². The van der Waals surface area contributed by atoms with Crippen molar-refractivity contribution >= 4 is 10.1 Å². The molecule has 0 amide bonds. The lowest BCUT2D eigenvalue weighted by Gasteiger charge is -2.10. The van der Waals surface area contributed by atoms with Gasteiger partial charge in [0.05, 0.1) is 0 Å². The van der Waals surface area contributed by atoms with Crippen molar-refractivity contribution in [1.82, 2.24) is 0 Å². The van der Waals surface area contributed by atoms with Crippen molar-refractivity contribution in [3.63, 3.8) is 0 Å². The first kappa shape index (κ1) is 14.4. The van der Waals surface area contributed by atoms with Crippen LogP contribution in [0.2, 0.25) is 0 Å². The average molecular weight is 282 g/mol. The lowest BCUT2D eigenvalue weighted by molar-refractivity contribution is -0.0500. The van der Waals surface area contributed by atoms with Crippen LogP contribution in [0.25, 0.3) is 0 Å². The molecule has 0 unspecified atom stereocenters. The van der Waals surface area contributed by atoms with Crippen LogP contribution in [0.5, 0.6) is 11.5 Å². The van der Waals surface area contributed by atoms with Crippen molar-refractivity contribution < 1.29 is 30.5 Å². The number of alkyl halides is 3. The van der Waals surface area contributed by atoms with Crippen LogP contribution in [0.15, 0.2) is 36.9 Å².